The van der Waals surface area contributed by atoms with E-state index in [9.17, 15) is 19.2 Å². The molecule has 2 aromatic rings. The molecule has 41 heavy (non-hydrogen) atoms. The van der Waals surface area contributed by atoms with Crippen molar-refractivity contribution in [3.8, 4) is 0 Å². The largest absolute Gasteiger partial charge is 0.466 e. The van der Waals surface area contributed by atoms with E-state index in [4.69, 9.17) is 9.47 Å². The number of aryl methyl sites for hydroxylation is 2. The van der Waals surface area contributed by atoms with Gasteiger partial charge in [-0.1, -0.05) is 55.5 Å². The van der Waals surface area contributed by atoms with E-state index in [0.29, 0.717) is 12.0 Å². The summed E-state index contributed by atoms with van der Waals surface area (Å²) in [6, 6.07) is 13.0. The van der Waals surface area contributed by atoms with E-state index in [-0.39, 0.29) is 32.5 Å². The number of nitrogens with zero attached hydrogens (tertiary/aromatic N) is 1. The number of carbonyl (C=O) groups excluding carboxylic acids is 4. The van der Waals surface area contributed by atoms with E-state index >= 15 is 0 Å². The molecular weight excluding hydrogens is 522 g/mol. The Hall–Kier alpha value is -3.88. The molecule has 2 atom stereocenters. The van der Waals surface area contributed by atoms with Crippen LogP contribution in [0.4, 0.5) is 4.79 Å². The lowest BCUT2D eigenvalue weighted by atomic mass is 9.97. The first-order chi connectivity index (χ1) is 19.4. The molecule has 0 aliphatic carbocycles. The third-order valence-electron chi connectivity index (χ3n) is 6.36. The minimum Gasteiger partial charge on any atom is -0.466 e. The van der Waals surface area contributed by atoms with E-state index in [1.165, 1.54) is 4.90 Å². The number of benzene rings is 2. The Morgan fingerprint density at radius 1 is 0.951 bits per heavy atom. The highest BCUT2D eigenvalue weighted by Gasteiger charge is 2.36. The van der Waals surface area contributed by atoms with Gasteiger partial charge in [-0.15, -0.1) is 0 Å². The quantitative estimate of drug-likeness (QED) is 0.337. The summed E-state index contributed by atoms with van der Waals surface area (Å²) in [6.45, 7) is 13.4. The number of nitrogens with one attached hydrogen (secondary N) is 2. The molecule has 0 spiro atoms. The van der Waals surface area contributed by atoms with Crippen LogP contribution in [0.25, 0.3) is 0 Å². The van der Waals surface area contributed by atoms with Gasteiger partial charge < -0.3 is 25.0 Å². The molecule has 0 aromatic heterocycles. The second-order valence-corrected chi connectivity index (χ2v) is 11.0. The van der Waals surface area contributed by atoms with E-state index in [1.807, 2.05) is 69.3 Å². The first-order valence-corrected chi connectivity index (χ1v) is 14.2. The van der Waals surface area contributed by atoms with Gasteiger partial charge in [0.05, 0.1) is 13.0 Å². The van der Waals surface area contributed by atoms with Crippen LogP contribution < -0.4 is 10.6 Å². The Bertz CT molecular complexity index is 1180. The summed E-state index contributed by atoms with van der Waals surface area (Å²) < 4.78 is 10.4. The molecule has 2 unspecified atom stereocenters. The number of esters is 1. The van der Waals surface area contributed by atoms with Gasteiger partial charge in [-0.05, 0) is 70.2 Å². The Labute approximate surface area is 244 Å². The lowest BCUT2D eigenvalue weighted by Gasteiger charge is -2.34. The minimum absolute atomic E-state index is 0.0117. The maximum absolute atomic E-state index is 14.3. The lowest BCUT2D eigenvalue weighted by molar-refractivity contribution is -0.144. The average molecular weight is 568 g/mol. The van der Waals surface area contributed by atoms with Crippen molar-refractivity contribution >= 4 is 23.9 Å². The molecule has 0 aliphatic heterocycles. The highest BCUT2D eigenvalue weighted by Crippen LogP contribution is 2.26. The summed E-state index contributed by atoms with van der Waals surface area (Å²) in [5.74, 6) is -1.25. The zero-order chi connectivity index (χ0) is 30.6. The number of hydrogen-bond donors (Lipinski definition) is 2. The number of alkyl carbamates (subject to hydrolysis) is 1. The molecule has 0 aliphatic rings. The molecule has 0 saturated carbocycles. The molecule has 9 heteroatoms. The zero-order valence-corrected chi connectivity index (χ0v) is 25.4. The van der Waals surface area contributed by atoms with Crippen LogP contribution in [0, 0.1) is 13.8 Å². The minimum atomic E-state index is -0.986. The van der Waals surface area contributed by atoms with Gasteiger partial charge in [-0.3, -0.25) is 14.4 Å². The molecule has 224 valence electrons. The van der Waals surface area contributed by atoms with Crippen LogP contribution in [0.1, 0.15) is 75.8 Å². The monoisotopic (exact) mass is 567 g/mol. The Kier molecular flexibility index (Phi) is 12.8. The van der Waals surface area contributed by atoms with E-state index < -0.39 is 41.6 Å². The van der Waals surface area contributed by atoms with Crippen LogP contribution in [0.15, 0.2) is 48.5 Å². The Balaban J connectivity index is 2.48. The predicted octanol–water partition coefficient (Wildman–Crippen LogP) is 4.79. The van der Waals surface area contributed by atoms with Crippen molar-refractivity contribution in [1.82, 2.24) is 15.5 Å². The number of ether oxygens (including phenoxy) is 2. The van der Waals surface area contributed by atoms with E-state index in [0.717, 1.165) is 16.7 Å². The fourth-order valence-corrected chi connectivity index (χ4v) is 4.33. The third-order valence-corrected chi connectivity index (χ3v) is 6.36. The van der Waals surface area contributed by atoms with Gasteiger partial charge in [0.1, 0.15) is 17.7 Å². The van der Waals surface area contributed by atoms with Gasteiger partial charge in [0.15, 0.2) is 0 Å². The van der Waals surface area contributed by atoms with Gasteiger partial charge in [0.2, 0.25) is 11.8 Å². The van der Waals surface area contributed by atoms with Crippen LogP contribution >= 0.6 is 0 Å². The van der Waals surface area contributed by atoms with Crippen molar-refractivity contribution in [1.29, 1.82) is 0 Å². The second-order valence-electron chi connectivity index (χ2n) is 11.0. The molecular formula is C32H45N3O6. The lowest BCUT2D eigenvalue weighted by Crippen LogP contribution is -2.54. The average Bonchev–Trinajstić information content (AvgIpc) is 2.89. The van der Waals surface area contributed by atoms with Crippen LogP contribution in [-0.2, 0) is 30.3 Å². The van der Waals surface area contributed by atoms with Crippen LogP contribution in [-0.4, -0.2) is 60.1 Å². The molecule has 2 aromatic carbocycles. The zero-order valence-electron chi connectivity index (χ0n) is 25.4. The number of carbonyl (C=O) groups is 4. The summed E-state index contributed by atoms with van der Waals surface area (Å²) >= 11 is 0. The number of rotatable bonds is 13. The van der Waals surface area contributed by atoms with Crippen molar-refractivity contribution in [3.05, 3.63) is 70.8 Å². The van der Waals surface area contributed by atoms with Gasteiger partial charge in [-0.25, -0.2) is 4.79 Å². The molecule has 9 nitrogen and oxygen atoms in total. The van der Waals surface area contributed by atoms with Crippen LogP contribution in [0.5, 0.6) is 0 Å². The highest BCUT2D eigenvalue weighted by molar-refractivity contribution is 5.92. The van der Waals surface area contributed by atoms with Gasteiger partial charge in [0, 0.05) is 19.5 Å². The molecule has 0 bridgehead atoms. The second kappa shape index (κ2) is 15.8. The topological polar surface area (TPSA) is 114 Å². The van der Waals surface area contributed by atoms with Gasteiger partial charge in [0.25, 0.3) is 0 Å². The molecule has 0 saturated heterocycles. The number of hydrogen-bond acceptors (Lipinski definition) is 6. The molecule has 0 heterocycles. The van der Waals surface area contributed by atoms with E-state index in [2.05, 4.69) is 10.6 Å². The molecule has 0 radical (unpaired) electrons. The fraction of sp³-hybridized carbons (Fsp3) is 0.500. The van der Waals surface area contributed by atoms with Gasteiger partial charge in [-0.2, -0.15) is 0 Å². The summed E-state index contributed by atoms with van der Waals surface area (Å²) in [7, 11) is 0. The van der Waals surface area contributed by atoms with Crippen molar-refractivity contribution in [3.63, 3.8) is 0 Å². The van der Waals surface area contributed by atoms with Crippen LogP contribution in [0.3, 0.4) is 0 Å². The summed E-state index contributed by atoms with van der Waals surface area (Å²) in [5, 5.41) is 5.57. The van der Waals surface area contributed by atoms with Gasteiger partial charge >= 0.3 is 12.1 Å². The highest BCUT2D eigenvalue weighted by atomic mass is 16.6. The molecule has 3 amide bonds. The van der Waals surface area contributed by atoms with Crippen molar-refractivity contribution in [2.75, 3.05) is 19.7 Å². The molecule has 0 fully saturated rings. The van der Waals surface area contributed by atoms with Crippen LogP contribution in [0.2, 0.25) is 0 Å². The molecule has 2 rings (SSSR count). The van der Waals surface area contributed by atoms with E-state index in [1.54, 1.807) is 27.7 Å². The normalized spacial score (nSPS) is 12.6. The Morgan fingerprint density at radius 3 is 2.22 bits per heavy atom. The maximum atomic E-state index is 14.3. The van der Waals surface area contributed by atoms with Crippen molar-refractivity contribution in [2.45, 2.75) is 85.4 Å². The summed E-state index contributed by atoms with van der Waals surface area (Å²) in [5.41, 5.74) is 2.76. The fourth-order valence-electron chi connectivity index (χ4n) is 4.33. The van der Waals surface area contributed by atoms with Crippen molar-refractivity contribution in [2.24, 2.45) is 0 Å². The molecule has 2 N–H and O–H groups in total. The summed E-state index contributed by atoms with van der Waals surface area (Å²) in [4.78, 5) is 54.2. The maximum Gasteiger partial charge on any atom is 0.408 e. The summed E-state index contributed by atoms with van der Waals surface area (Å²) in [6.07, 6.45) is 0.0826. The smallest absolute Gasteiger partial charge is 0.408 e. The first kappa shape index (κ1) is 33.3. The predicted molar refractivity (Wildman–Crippen MR) is 158 cm³/mol. The SMILES string of the molecule is CCCN(C(=O)C(Cc1ccccc1)NC(=O)OC(C)(C)C)C(C(=O)NCCC(=O)OCC)c1ccc(C)c(C)c1. The first-order valence-electron chi connectivity index (χ1n) is 14.2. The number of amides is 3. The third kappa shape index (κ3) is 10.9. The Morgan fingerprint density at radius 2 is 1.63 bits per heavy atom. The standard InChI is InChI=1S/C32H45N3O6/c1-8-19-35(30(38)26(21-24-13-11-10-12-14-24)34-31(39)41-32(5,6)7)28(25-16-15-22(3)23(4)20-25)29(37)33-18-17-27(36)40-9-2/h10-16,20,26,28H,8-9,17-19,21H2,1-7H3,(H,33,37)(H,34,39). The van der Waals surface area contributed by atoms with Crippen molar-refractivity contribution < 1.29 is 28.7 Å².